The average molecular weight is 659 g/mol. The first-order valence-electron chi connectivity index (χ1n) is 14.9. The van der Waals surface area contributed by atoms with Gasteiger partial charge in [-0.2, -0.15) is 0 Å². The van der Waals surface area contributed by atoms with Crippen LogP contribution in [0.5, 0.6) is 5.75 Å². The smallest absolute Gasteiger partial charge is 0.248 e. The average Bonchev–Trinajstić information content (AvgIpc) is 3.55. The molecule has 2 aromatic carbocycles. The molecule has 0 aliphatic carbocycles. The third-order valence-corrected chi connectivity index (χ3v) is 12.0. The predicted molar refractivity (Wildman–Crippen MR) is 170 cm³/mol. The van der Waals surface area contributed by atoms with Crippen LogP contribution in [-0.2, 0) is 14.4 Å². The van der Waals surface area contributed by atoms with E-state index in [0.29, 0.717) is 31.7 Å². The summed E-state index contributed by atoms with van der Waals surface area (Å²) in [5, 5.41) is 15.3. The number of para-hydroxylation sites is 1. The normalized spacial score (nSPS) is 27.7. The summed E-state index contributed by atoms with van der Waals surface area (Å²) in [6, 6.07) is 12.5. The molecule has 10 heteroatoms. The molecule has 42 heavy (non-hydrogen) atoms. The Morgan fingerprint density at radius 1 is 1.05 bits per heavy atom. The van der Waals surface area contributed by atoms with E-state index in [-0.39, 0.29) is 34.4 Å². The third kappa shape index (κ3) is 5.69. The summed E-state index contributed by atoms with van der Waals surface area (Å²) in [7, 11) is 0. The Bertz CT molecular complexity index is 1300. The number of benzene rings is 2. The number of thioether (sulfide) groups is 1. The number of alkyl halides is 1. The van der Waals surface area contributed by atoms with Gasteiger partial charge in [-0.25, -0.2) is 0 Å². The molecule has 2 bridgehead atoms. The summed E-state index contributed by atoms with van der Waals surface area (Å²) in [6.07, 6.45) is 3.80. The molecule has 0 aromatic heterocycles. The lowest BCUT2D eigenvalue weighted by Crippen LogP contribution is -2.53. The summed E-state index contributed by atoms with van der Waals surface area (Å²) in [4.78, 5) is 44.1. The van der Waals surface area contributed by atoms with E-state index in [4.69, 9.17) is 4.74 Å². The zero-order chi connectivity index (χ0) is 30.0. The maximum absolute atomic E-state index is 14.3. The van der Waals surface area contributed by atoms with Gasteiger partial charge in [0.15, 0.2) is 0 Å². The molecule has 3 amide bonds. The van der Waals surface area contributed by atoms with Gasteiger partial charge in [0.2, 0.25) is 17.7 Å². The molecular formula is C32H40BrN3O5S. The number of fused-ring (bicyclic) bond motifs is 1. The first-order chi connectivity index (χ1) is 20.2. The molecule has 5 rings (SSSR count). The Balaban J connectivity index is 1.44. The molecule has 0 radical (unpaired) electrons. The van der Waals surface area contributed by atoms with E-state index in [2.05, 4.69) is 26.6 Å². The van der Waals surface area contributed by atoms with Crippen molar-refractivity contribution in [1.82, 2.24) is 4.90 Å². The maximum atomic E-state index is 14.3. The van der Waals surface area contributed by atoms with Gasteiger partial charge in [-0.1, -0.05) is 47.0 Å². The van der Waals surface area contributed by atoms with Gasteiger partial charge < -0.3 is 25.4 Å². The van der Waals surface area contributed by atoms with Crippen molar-refractivity contribution in [2.75, 3.05) is 30.4 Å². The lowest BCUT2D eigenvalue weighted by Gasteiger charge is -2.35. The number of amides is 3. The Morgan fingerprint density at radius 2 is 1.74 bits per heavy atom. The van der Waals surface area contributed by atoms with E-state index in [1.165, 1.54) is 0 Å². The van der Waals surface area contributed by atoms with Crippen molar-refractivity contribution in [1.29, 1.82) is 0 Å². The van der Waals surface area contributed by atoms with Crippen LogP contribution < -0.4 is 15.4 Å². The monoisotopic (exact) mass is 657 g/mol. The van der Waals surface area contributed by atoms with Gasteiger partial charge in [-0.05, 0) is 75.4 Å². The molecule has 3 N–H and O–H groups in total. The molecule has 1 spiro atoms. The molecule has 2 aromatic rings. The number of halogens is 1. The Morgan fingerprint density at radius 3 is 2.40 bits per heavy atom. The van der Waals surface area contributed by atoms with E-state index in [0.717, 1.165) is 41.8 Å². The van der Waals surface area contributed by atoms with E-state index in [1.54, 1.807) is 28.8 Å². The molecule has 3 unspecified atom stereocenters. The minimum Gasteiger partial charge on any atom is -0.494 e. The van der Waals surface area contributed by atoms with Gasteiger partial charge in [0.05, 0.1) is 23.2 Å². The van der Waals surface area contributed by atoms with Gasteiger partial charge in [-0.15, -0.1) is 11.8 Å². The Hall–Kier alpha value is -2.56. The summed E-state index contributed by atoms with van der Waals surface area (Å²) in [5.74, 6) is -0.931. The van der Waals surface area contributed by atoms with Crippen LogP contribution in [0.3, 0.4) is 0 Å². The molecule has 226 valence electrons. The van der Waals surface area contributed by atoms with Crippen molar-refractivity contribution in [3.8, 4) is 5.75 Å². The third-order valence-electron chi connectivity index (χ3n) is 8.81. The van der Waals surface area contributed by atoms with Crippen LogP contribution in [0, 0.1) is 25.7 Å². The minimum atomic E-state index is -0.706. The second-order valence-corrected chi connectivity index (χ2v) is 14.3. The molecule has 3 saturated heterocycles. The highest BCUT2D eigenvalue weighted by atomic mass is 79.9. The van der Waals surface area contributed by atoms with Gasteiger partial charge in [0, 0.05) is 34.6 Å². The molecule has 3 aliphatic heterocycles. The predicted octanol–water partition coefficient (Wildman–Crippen LogP) is 5.30. The fourth-order valence-electron chi connectivity index (χ4n) is 6.95. The lowest BCUT2D eigenvalue weighted by atomic mass is 9.70. The highest BCUT2D eigenvalue weighted by Gasteiger charge is 2.75. The number of aryl methyl sites for hydroxylation is 2. The number of aliphatic hydroxyl groups is 1. The highest BCUT2D eigenvalue weighted by molar-refractivity contribution is 9.09. The van der Waals surface area contributed by atoms with Crippen LogP contribution in [-0.4, -0.2) is 68.4 Å². The summed E-state index contributed by atoms with van der Waals surface area (Å²) < 4.78 is 4.82. The van der Waals surface area contributed by atoms with Crippen LogP contribution in [0.15, 0.2) is 42.5 Å². The van der Waals surface area contributed by atoms with Crippen molar-refractivity contribution in [2.24, 2.45) is 11.8 Å². The van der Waals surface area contributed by atoms with Crippen molar-refractivity contribution in [3.63, 3.8) is 0 Å². The fourth-order valence-corrected chi connectivity index (χ4v) is 10.6. The second-order valence-electron chi connectivity index (χ2n) is 11.5. The number of anilines is 2. The van der Waals surface area contributed by atoms with Crippen LogP contribution in [0.25, 0.3) is 0 Å². The largest absolute Gasteiger partial charge is 0.494 e. The van der Waals surface area contributed by atoms with Crippen molar-refractivity contribution < 1.29 is 24.2 Å². The van der Waals surface area contributed by atoms with E-state index >= 15 is 0 Å². The Kier molecular flexibility index (Phi) is 9.54. The van der Waals surface area contributed by atoms with Crippen LogP contribution in [0.1, 0.15) is 50.2 Å². The fraction of sp³-hybridized carbons (Fsp3) is 0.531. The SMILES string of the molecule is CCOc1ccc(NC(=O)[C@H]2[C@@H]3SC4(CC3Br)C(C(=O)Nc3c(C)cccc3C)N(CCCCCCO)C(=O)[C@H]24)cc1. The Labute approximate surface area is 260 Å². The highest BCUT2D eigenvalue weighted by Crippen LogP contribution is 2.67. The van der Waals surface area contributed by atoms with Crippen molar-refractivity contribution >= 4 is 56.8 Å². The van der Waals surface area contributed by atoms with Gasteiger partial charge in [0.25, 0.3) is 0 Å². The van der Waals surface area contributed by atoms with E-state index in [9.17, 15) is 19.5 Å². The van der Waals surface area contributed by atoms with E-state index in [1.807, 2.05) is 51.1 Å². The number of nitrogens with one attached hydrogen (secondary N) is 2. The molecule has 3 heterocycles. The van der Waals surface area contributed by atoms with E-state index < -0.39 is 22.6 Å². The summed E-state index contributed by atoms with van der Waals surface area (Å²) in [5.41, 5.74) is 3.35. The molecule has 0 saturated carbocycles. The van der Waals surface area contributed by atoms with Crippen molar-refractivity contribution in [2.45, 2.75) is 73.7 Å². The van der Waals surface area contributed by atoms with Crippen LogP contribution in [0.2, 0.25) is 0 Å². The number of hydrogen-bond donors (Lipinski definition) is 3. The number of aliphatic hydroxyl groups excluding tert-OH is 1. The van der Waals surface area contributed by atoms with Crippen molar-refractivity contribution in [3.05, 3.63) is 53.6 Å². The number of carbonyl (C=O) groups is 3. The zero-order valence-electron chi connectivity index (χ0n) is 24.4. The van der Waals surface area contributed by atoms with Gasteiger partial charge in [0.1, 0.15) is 11.8 Å². The quantitative estimate of drug-likeness (QED) is 0.211. The topological polar surface area (TPSA) is 108 Å². The number of rotatable bonds is 12. The van der Waals surface area contributed by atoms with Crippen LogP contribution >= 0.6 is 27.7 Å². The number of nitrogens with zero attached hydrogens (tertiary/aromatic N) is 1. The lowest BCUT2D eigenvalue weighted by molar-refractivity contribution is -0.138. The maximum Gasteiger partial charge on any atom is 0.248 e. The first kappa shape index (κ1) is 30.9. The number of ether oxygens (including phenoxy) is 1. The zero-order valence-corrected chi connectivity index (χ0v) is 26.8. The second kappa shape index (κ2) is 13.0. The standard InChI is InChI=1S/C32H40BrN3O5S/c1-4-41-22-14-12-21(13-15-22)34-29(38)24-25-31(40)36(16-7-5-6-8-17-37)28(32(25)18-23(33)27(24)42-32)30(39)35-26-19(2)10-9-11-20(26)3/h9-15,23-25,27-28,37H,4-8,16-18H2,1-3H3,(H,34,38)(H,35,39)/t23?,24-,25+,27-,28?,32?/m1/s1. The molecule has 3 aliphatic rings. The minimum absolute atomic E-state index is 0.00244. The first-order valence-corrected chi connectivity index (χ1v) is 16.7. The number of likely N-dealkylation sites (tertiary alicyclic amines) is 1. The summed E-state index contributed by atoms with van der Waals surface area (Å²) in [6.45, 7) is 6.99. The molecule has 6 atom stereocenters. The molecular weight excluding hydrogens is 618 g/mol. The van der Waals surface area contributed by atoms with Gasteiger partial charge >= 0.3 is 0 Å². The molecule has 8 nitrogen and oxygen atoms in total. The number of carbonyl (C=O) groups excluding carboxylic acids is 3. The van der Waals surface area contributed by atoms with Gasteiger partial charge in [-0.3, -0.25) is 14.4 Å². The number of hydrogen-bond acceptors (Lipinski definition) is 6. The van der Waals surface area contributed by atoms with Crippen LogP contribution in [0.4, 0.5) is 11.4 Å². The summed E-state index contributed by atoms with van der Waals surface area (Å²) >= 11 is 5.47. The molecule has 3 fully saturated rings. The number of unbranched alkanes of at least 4 members (excludes halogenated alkanes) is 3.